The van der Waals surface area contributed by atoms with Gasteiger partial charge in [0.25, 0.3) is 0 Å². The smallest absolute Gasteiger partial charge is 0.335 e. The van der Waals surface area contributed by atoms with E-state index in [9.17, 15) is 9.59 Å². The Bertz CT molecular complexity index is 726. The van der Waals surface area contributed by atoms with Crippen molar-refractivity contribution in [1.82, 2.24) is 4.57 Å². The van der Waals surface area contributed by atoms with Crippen molar-refractivity contribution in [1.29, 1.82) is 0 Å². The topological polar surface area (TPSA) is 68.5 Å². The first kappa shape index (κ1) is 17.7. The highest BCUT2D eigenvalue weighted by Gasteiger charge is 2.27. The van der Waals surface area contributed by atoms with Crippen molar-refractivity contribution >= 4 is 18.3 Å². The maximum Gasteiger partial charge on any atom is 0.335 e. The highest BCUT2D eigenvalue weighted by Crippen LogP contribution is 2.14. The third-order valence-corrected chi connectivity index (χ3v) is 3.69. The van der Waals surface area contributed by atoms with Gasteiger partial charge in [-0.15, -0.1) is 0 Å². The Morgan fingerprint density at radius 1 is 1.25 bits per heavy atom. The highest BCUT2D eigenvalue weighted by atomic mass is 16.5. The Morgan fingerprint density at radius 2 is 1.96 bits per heavy atom. The summed E-state index contributed by atoms with van der Waals surface area (Å²) in [5.41, 5.74) is 1.38. The van der Waals surface area contributed by atoms with Gasteiger partial charge in [-0.3, -0.25) is 4.79 Å². The number of carboxylic acids is 1. The lowest BCUT2D eigenvalue weighted by atomic mass is 10.1. The molecule has 1 N–H and O–H groups in total. The number of carboxylic acid groups (broad SMARTS) is 1. The predicted molar refractivity (Wildman–Crippen MR) is 91.8 cm³/mol. The summed E-state index contributed by atoms with van der Waals surface area (Å²) in [5, 5.41) is 9.02. The summed E-state index contributed by atoms with van der Waals surface area (Å²) in [5.74, 6) is -0.984. The number of aliphatic carboxylic acids is 1. The molecule has 0 atom stereocenters. The molecule has 0 unspecified atom stereocenters. The molecule has 1 heterocycles. The molecule has 24 heavy (non-hydrogen) atoms. The third-order valence-electron chi connectivity index (χ3n) is 3.69. The monoisotopic (exact) mass is 327 g/mol. The molecule has 5 nitrogen and oxygen atoms in total. The minimum Gasteiger partial charge on any atom is -0.479 e. The molecule has 0 radical (unpaired) electrons. The van der Waals surface area contributed by atoms with Crippen molar-refractivity contribution in [2.75, 3.05) is 0 Å². The zero-order valence-corrected chi connectivity index (χ0v) is 13.8. The summed E-state index contributed by atoms with van der Waals surface area (Å²) in [4.78, 5) is 21.8. The van der Waals surface area contributed by atoms with Gasteiger partial charge in [0.2, 0.25) is 0 Å². The molecule has 0 saturated heterocycles. The molecule has 0 aliphatic heterocycles. The summed E-state index contributed by atoms with van der Waals surface area (Å²) in [6.45, 7) is 3.93. The molecule has 0 aliphatic rings. The predicted octanol–water partition coefficient (Wildman–Crippen LogP) is 3.39. The lowest BCUT2D eigenvalue weighted by Gasteiger charge is -2.20. The van der Waals surface area contributed by atoms with Crippen LogP contribution in [0, 0.1) is 0 Å². The summed E-state index contributed by atoms with van der Waals surface area (Å²) in [6.07, 6.45) is 6.65. The van der Waals surface area contributed by atoms with Gasteiger partial charge in [0.15, 0.2) is 11.9 Å². The molecule has 126 valence electrons. The number of hydrogen-bond acceptors (Lipinski definition) is 3. The molecular formula is C19H21NO4. The molecule has 0 bridgehead atoms. The zero-order valence-electron chi connectivity index (χ0n) is 13.8. The van der Waals surface area contributed by atoms with Gasteiger partial charge >= 0.3 is 5.97 Å². The second-order valence-corrected chi connectivity index (χ2v) is 5.95. The van der Waals surface area contributed by atoms with Crippen molar-refractivity contribution in [2.24, 2.45) is 0 Å². The third kappa shape index (κ3) is 4.67. The summed E-state index contributed by atoms with van der Waals surface area (Å²) < 4.78 is 7.28. The SMILES string of the molecule is CC(C)(OCc1ccc(/C=C/Cn2cccc2C=O)cc1)C(=O)O. The average Bonchev–Trinajstić information content (AvgIpc) is 3.01. The second-order valence-electron chi connectivity index (χ2n) is 5.95. The number of aromatic nitrogens is 1. The van der Waals surface area contributed by atoms with Gasteiger partial charge in [-0.25, -0.2) is 4.79 Å². The zero-order chi connectivity index (χ0) is 17.6. The first-order valence-corrected chi connectivity index (χ1v) is 7.65. The fourth-order valence-electron chi connectivity index (χ4n) is 2.05. The largest absolute Gasteiger partial charge is 0.479 e. The average molecular weight is 327 g/mol. The van der Waals surface area contributed by atoms with Crippen molar-refractivity contribution in [3.63, 3.8) is 0 Å². The Morgan fingerprint density at radius 3 is 2.58 bits per heavy atom. The molecule has 2 rings (SSSR count). The Balaban J connectivity index is 1.91. The molecule has 5 heteroatoms. The van der Waals surface area contributed by atoms with Gasteiger partial charge in [0.05, 0.1) is 12.3 Å². The van der Waals surface area contributed by atoms with Crippen molar-refractivity contribution in [3.05, 3.63) is 65.5 Å². The molecular weight excluding hydrogens is 306 g/mol. The standard InChI is InChI=1S/C19H21NO4/c1-19(2,18(22)23)24-14-16-9-7-15(8-10-16)5-3-11-20-12-4-6-17(20)13-21/h3-10,12-13H,11,14H2,1-2H3,(H,22,23)/b5-3+. The fraction of sp³-hybridized carbons (Fsp3) is 0.263. The minimum atomic E-state index is -1.20. The molecule has 0 saturated carbocycles. The van der Waals surface area contributed by atoms with Gasteiger partial charge in [-0.05, 0) is 37.1 Å². The van der Waals surface area contributed by atoms with Gasteiger partial charge in [0, 0.05) is 12.7 Å². The van der Waals surface area contributed by atoms with E-state index in [4.69, 9.17) is 9.84 Å². The Labute approximate surface area is 141 Å². The number of allylic oxidation sites excluding steroid dienone is 1. The van der Waals surface area contributed by atoms with E-state index in [2.05, 4.69) is 0 Å². The molecule has 0 amide bonds. The number of ether oxygens (including phenoxy) is 1. The molecule has 2 aromatic rings. The summed E-state index contributed by atoms with van der Waals surface area (Å²) in [7, 11) is 0. The maximum atomic E-state index is 11.0. The van der Waals surface area contributed by atoms with E-state index in [1.807, 2.05) is 53.2 Å². The van der Waals surface area contributed by atoms with Crippen molar-refractivity contribution in [3.8, 4) is 0 Å². The maximum absolute atomic E-state index is 11.0. The van der Waals surface area contributed by atoms with E-state index in [1.54, 1.807) is 6.07 Å². The first-order valence-electron chi connectivity index (χ1n) is 7.65. The molecule has 0 aliphatic carbocycles. The summed E-state index contributed by atoms with van der Waals surface area (Å²) >= 11 is 0. The normalized spacial score (nSPS) is 11.8. The number of benzene rings is 1. The van der Waals surface area contributed by atoms with Crippen LogP contribution in [0.1, 0.15) is 35.5 Å². The Kier molecular flexibility index (Phi) is 5.71. The van der Waals surface area contributed by atoms with Crippen LogP contribution in [0.4, 0.5) is 0 Å². The van der Waals surface area contributed by atoms with Crippen LogP contribution >= 0.6 is 0 Å². The molecule has 1 aromatic heterocycles. The van der Waals surface area contributed by atoms with Gasteiger partial charge in [0.1, 0.15) is 0 Å². The van der Waals surface area contributed by atoms with Crippen LogP contribution in [0.25, 0.3) is 6.08 Å². The number of rotatable bonds is 8. The molecule has 0 fully saturated rings. The van der Waals surface area contributed by atoms with Crippen molar-refractivity contribution < 1.29 is 19.4 Å². The number of hydrogen-bond donors (Lipinski definition) is 1. The number of aldehydes is 1. The molecule has 0 spiro atoms. The van der Waals surface area contributed by atoms with Gasteiger partial charge in [-0.1, -0.05) is 36.4 Å². The van der Waals surface area contributed by atoms with E-state index in [1.165, 1.54) is 13.8 Å². The van der Waals surface area contributed by atoms with Crippen LogP contribution in [0.3, 0.4) is 0 Å². The van der Waals surface area contributed by atoms with Gasteiger partial charge in [-0.2, -0.15) is 0 Å². The van der Waals surface area contributed by atoms with E-state index >= 15 is 0 Å². The molecule has 1 aromatic carbocycles. The van der Waals surface area contributed by atoms with Crippen LogP contribution in [-0.2, 0) is 22.7 Å². The van der Waals surface area contributed by atoms with Crippen LogP contribution in [0.5, 0.6) is 0 Å². The van der Waals surface area contributed by atoms with E-state index in [0.29, 0.717) is 12.2 Å². The second kappa shape index (κ2) is 7.75. The van der Waals surface area contributed by atoms with E-state index in [-0.39, 0.29) is 6.61 Å². The Hall–Kier alpha value is -2.66. The number of carbonyl (C=O) groups is 2. The van der Waals surface area contributed by atoms with Crippen LogP contribution in [0.15, 0.2) is 48.7 Å². The summed E-state index contributed by atoms with van der Waals surface area (Å²) in [6, 6.07) is 11.3. The van der Waals surface area contributed by atoms with Crippen LogP contribution in [-0.4, -0.2) is 27.5 Å². The first-order chi connectivity index (χ1) is 11.4. The lowest BCUT2D eigenvalue weighted by molar-refractivity contribution is -0.162. The van der Waals surface area contributed by atoms with Crippen molar-refractivity contribution in [2.45, 2.75) is 32.6 Å². The van der Waals surface area contributed by atoms with Gasteiger partial charge < -0.3 is 14.4 Å². The highest BCUT2D eigenvalue weighted by molar-refractivity contribution is 5.76. The van der Waals surface area contributed by atoms with E-state index < -0.39 is 11.6 Å². The van der Waals surface area contributed by atoms with Crippen LogP contribution < -0.4 is 0 Å². The quantitative estimate of drug-likeness (QED) is 0.755. The van der Waals surface area contributed by atoms with E-state index in [0.717, 1.165) is 17.4 Å². The lowest BCUT2D eigenvalue weighted by Crippen LogP contribution is -2.34. The fourth-order valence-corrected chi connectivity index (χ4v) is 2.05. The number of nitrogens with zero attached hydrogens (tertiary/aromatic N) is 1. The number of carbonyl (C=O) groups excluding carboxylic acids is 1. The minimum absolute atomic E-state index is 0.245. The van der Waals surface area contributed by atoms with Crippen LogP contribution in [0.2, 0.25) is 0 Å².